The molecule has 0 aliphatic rings. The monoisotopic (exact) mass is 219 g/mol. The lowest BCUT2D eigenvalue weighted by Gasteiger charge is -2.04. The molecule has 82 valence electrons. The Bertz CT molecular complexity index is 642. The van der Waals surface area contributed by atoms with Gasteiger partial charge in [0.25, 0.3) is 0 Å². The highest BCUT2D eigenvalue weighted by Gasteiger charge is 2.14. The molecule has 16 heavy (non-hydrogen) atoms. The molecule has 0 bridgehead atoms. The molecule has 3 N–H and O–H groups in total. The maximum Gasteiger partial charge on any atom is 0.341 e. The number of carbonyl (C=O) groups is 1. The van der Waals surface area contributed by atoms with Gasteiger partial charge in [-0.25, -0.2) is 4.79 Å². The van der Waals surface area contributed by atoms with Gasteiger partial charge in [0.15, 0.2) is 0 Å². The molecule has 0 aliphatic heterocycles. The van der Waals surface area contributed by atoms with Gasteiger partial charge in [-0.15, -0.1) is 0 Å². The summed E-state index contributed by atoms with van der Waals surface area (Å²) in [7, 11) is 0. The summed E-state index contributed by atoms with van der Waals surface area (Å²) >= 11 is 0. The van der Waals surface area contributed by atoms with Crippen LogP contribution in [0.5, 0.6) is 5.75 Å². The molecule has 1 aromatic carbocycles. The van der Waals surface area contributed by atoms with E-state index in [2.05, 4.69) is 4.98 Å². The second kappa shape index (κ2) is 3.37. The van der Waals surface area contributed by atoms with Crippen molar-refractivity contribution in [1.29, 1.82) is 0 Å². The molecule has 5 nitrogen and oxygen atoms in total. The van der Waals surface area contributed by atoms with Gasteiger partial charge in [-0.2, -0.15) is 0 Å². The molecule has 0 atom stereocenters. The van der Waals surface area contributed by atoms with Crippen molar-refractivity contribution in [3.05, 3.63) is 39.7 Å². The van der Waals surface area contributed by atoms with Crippen LogP contribution < -0.4 is 5.43 Å². The number of phenolic OH excluding ortho intramolecular Hbond substituents is 1. The molecule has 0 aliphatic carbocycles. The number of pyridine rings is 1. The number of aromatic hydroxyl groups is 1. The summed E-state index contributed by atoms with van der Waals surface area (Å²) in [6, 6.07) is 3.02. The van der Waals surface area contributed by atoms with Crippen molar-refractivity contribution in [2.24, 2.45) is 0 Å². The van der Waals surface area contributed by atoms with Gasteiger partial charge < -0.3 is 15.2 Å². The third-order valence-electron chi connectivity index (χ3n) is 2.45. The Hall–Kier alpha value is -2.30. The summed E-state index contributed by atoms with van der Waals surface area (Å²) in [6.45, 7) is 1.76. The largest absolute Gasteiger partial charge is 0.507 e. The van der Waals surface area contributed by atoms with Crippen molar-refractivity contribution in [2.75, 3.05) is 0 Å². The molecular formula is C11H9NO4. The molecule has 0 spiro atoms. The molecule has 0 radical (unpaired) electrons. The molecule has 1 heterocycles. The molecule has 0 fully saturated rings. The molecule has 0 amide bonds. The van der Waals surface area contributed by atoms with Gasteiger partial charge in [-0.05, 0) is 18.6 Å². The lowest BCUT2D eigenvalue weighted by Crippen LogP contribution is -2.15. The molecule has 0 saturated heterocycles. The number of aromatic carboxylic acids is 1. The first kappa shape index (κ1) is 10.2. The van der Waals surface area contributed by atoms with Crippen LogP contribution in [0.15, 0.2) is 23.1 Å². The predicted molar refractivity (Wildman–Crippen MR) is 57.9 cm³/mol. The number of aromatic nitrogens is 1. The second-order valence-electron chi connectivity index (χ2n) is 3.49. The van der Waals surface area contributed by atoms with E-state index in [1.54, 1.807) is 13.0 Å². The van der Waals surface area contributed by atoms with Gasteiger partial charge in [-0.1, -0.05) is 6.07 Å². The van der Waals surface area contributed by atoms with Crippen molar-refractivity contribution in [3.8, 4) is 5.75 Å². The lowest BCUT2D eigenvalue weighted by molar-refractivity contribution is 0.0695. The fourth-order valence-corrected chi connectivity index (χ4v) is 1.62. The minimum atomic E-state index is -1.32. The highest BCUT2D eigenvalue weighted by Crippen LogP contribution is 2.22. The zero-order valence-electron chi connectivity index (χ0n) is 8.44. The van der Waals surface area contributed by atoms with Crippen LogP contribution in [-0.4, -0.2) is 21.2 Å². The van der Waals surface area contributed by atoms with Crippen LogP contribution in [0.4, 0.5) is 0 Å². The Balaban J connectivity index is 3.00. The predicted octanol–water partition coefficient (Wildman–Crippen LogP) is 1.24. The normalized spacial score (nSPS) is 10.6. The number of benzene rings is 1. The number of carboxylic acid groups (broad SMARTS) is 1. The molecule has 2 aromatic rings. The fraction of sp³-hybridized carbons (Fsp3) is 0.0909. The van der Waals surface area contributed by atoms with Crippen LogP contribution in [0.2, 0.25) is 0 Å². The van der Waals surface area contributed by atoms with Gasteiger partial charge in [-0.3, -0.25) is 4.79 Å². The molecule has 1 aromatic heterocycles. The van der Waals surface area contributed by atoms with E-state index >= 15 is 0 Å². The molecule has 2 rings (SSSR count). The number of rotatable bonds is 1. The van der Waals surface area contributed by atoms with Crippen molar-refractivity contribution in [1.82, 2.24) is 4.98 Å². The Morgan fingerprint density at radius 1 is 1.38 bits per heavy atom. The Kier molecular flexibility index (Phi) is 2.16. The molecule has 5 heteroatoms. The summed E-state index contributed by atoms with van der Waals surface area (Å²) in [5.41, 5.74) is 0.160. The van der Waals surface area contributed by atoms with E-state index in [9.17, 15) is 14.7 Å². The van der Waals surface area contributed by atoms with E-state index in [1.807, 2.05) is 0 Å². The summed E-state index contributed by atoms with van der Waals surface area (Å²) in [6.07, 6.45) is 1.14. The number of aromatic amines is 1. The maximum absolute atomic E-state index is 11.8. The van der Waals surface area contributed by atoms with Crippen LogP contribution in [0.3, 0.4) is 0 Å². The molecular weight excluding hydrogens is 210 g/mol. The van der Waals surface area contributed by atoms with Crippen molar-refractivity contribution in [3.63, 3.8) is 0 Å². The van der Waals surface area contributed by atoms with Gasteiger partial charge in [0.1, 0.15) is 11.3 Å². The Morgan fingerprint density at radius 3 is 2.69 bits per heavy atom. The van der Waals surface area contributed by atoms with Crippen LogP contribution >= 0.6 is 0 Å². The van der Waals surface area contributed by atoms with Gasteiger partial charge in [0, 0.05) is 6.20 Å². The fourth-order valence-electron chi connectivity index (χ4n) is 1.62. The number of phenols is 1. The maximum atomic E-state index is 11.8. The summed E-state index contributed by atoms with van der Waals surface area (Å²) in [5.74, 6) is -1.53. The lowest BCUT2D eigenvalue weighted by atomic mass is 10.1. The summed E-state index contributed by atoms with van der Waals surface area (Å²) < 4.78 is 0. The molecule has 0 unspecified atom stereocenters. The third-order valence-corrected chi connectivity index (χ3v) is 2.45. The number of nitrogens with one attached hydrogen (secondary N) is 1. The second-order valence-corrected chi connectivity index (χ2v) is 3.49. The summed E-state index contributed by atoms with van der Waals surface area (Å²) in [4.78, 5) is 25.3. The number of hydrogen-bond donors (Lipinski definition) is 3. The van der Waals surface area contributed by atoms with E-state index in [-0.39, 0.29) is 16.7 Å². The number of aryl methyl sites for hydroxylation is 1. The van der Waals surface area contributed by atoms with E-state index in [1.165, 1.54) is 6.07 Å². The van der Waals surface area contributed by atoms with E-state index in [4.69, 9.17) is 5.11 Å². The Morgan fingerprint density at radius 2 is 2.06 bits per heavy atom. The summed E-state index contributed by atoms with van der Waals surface area (Å²) in [5, 5.41) is 18.4. The van der Waals surface area contributed by atoms with Crippen LogP contribution in [0, 0.1) is 6.92 Å². The first-order valence-electron chi connectivity index (χ1n) is 4.59. The highest BCUT2D eigenvalue weighted by atomic mass is 16.4. The van der Waals surface area contributed by atoms with E-state index in [0.29, 0.717) is 5.52 Å². The topological polar surface area (TPSA) is 90.4 Å². The number of hydrogen-bond acceptors (Lipinski definition) is 3. The average molecular weight is 219 g/mol. The smallest absolute Gasteiger partial charge is 0.341 e. The van der Waals surface area contributed by atoms with E-state index in [0.717, 1.165) is 11.8 Å². The number of carboxylic acids is 1. The standard InChI is InChI=1S/C11H9NO4/c1-5-2-3-7(13)8-9(5)12-4-6(10(8)14)11(15)16/h2-4,13H,1H3,(H,12,14)(H,15,16). The zero-order chi connectivity index (χ0) is 11.9. The quantitative estimate of drug-likeness (QED) is 0.673. The first-order valence-corrected chi connectivity index (χ1v) is 4.59. The minimum absolute atomic E-state index is 0.0138. The first-order chi connectivity index (χ1) is 7.52. The zero-order valence-corrected chi connectivity index (χ0v) is 8.44. The van der Waals surface area contributed by atoms with Crippen molar-refractivity contribution in [2.45, 2.75) is 6.92 Å². The van der Waals surface area contributed by atoms with Crippen LogP contribution in [0.1, 0.15) is 15.9 Å². The van der Waals surface area contributed by atoms with Gasteiger partial charge in [0.2, 0.25) is 5.43 Å². The van der Waals surface area contributed by atoms with Gasteiger partial charge in [0.05, 0.1) is 10.9 Å². The number of fused-ring (bicyclic) bond motifs is 1. The highest BCUT2D eigenvalue weighted by molar-refractivity contribution is 5.95. The minimum Gasteiger partial charge on any atom is -0.507 e. The average Bonchev–Trinajstić information content (AvgIpc) is 2.23. The SMILES string of the molecule is Cc1ccc(O)c2c(=O)c(C(=O)O)c[nH]c12. The van der Waals surface area contributed by atoms with Gasteiger partial charge >= 0.3 is 5.97 Å². The van der Waals surface area contributed by atoms with Crippen LogP contribution in [0.25, 0.3) is 10.9 Å². The Labute approximate surface area is 90.0 Å². The van der Waals surface area contributed by atoms with Crippen LogP contribution in [-0.2, 0) is 0 Å². The number of H-pyrrole nitrogens is 1. The van der Waals surface area contributed by atoms with Crippen molar-refractivity contribution < 1.29 is 15.0 Å². The third kappa shape index (κ3) is 1.33. The van der Waals surface area contributed by atoms with E-state index < -0.39 is 11.4 Å². The molecule has 0 saturated carbocycles. The van der Waals surface area contributed by atoms with Crippen molar-refractivity contribution >= 4 is 16.9 Å².